The number of hydrogen-bond acceptors (Lipinski definition) is 7. The summed E-state index contributed by atoms with van der Waals surface area (Å²) in [6, 6.07) is 13.8. The Hall–Kier alpha value is -3.01. The number of nitrogens with one attached hydrogen (secondary N) is 1. The van der Waals surface area contributed by atoms with Crippen LogP contribution in [0.3, 0.4) is 0 Å². The van der Waals surface area contributed by atoms with Crippen molar-refractivity contribution in [3.63, 3.8) is 0 Å². The minimum atomic E-state index is -0.269. The molecule has 1 fully saturated rings. The van der Waals surface area contributed by atoms with E-state index in [1.54, 1.807) is 23.2 Å². The molecule has 0 bridgehead atoms. The average Bonchev–Trinajstić information content (AvgIpc) is 3.10. The molecule has 1 aliphatic rings. The number of thiocarbonyl (C=S) groups is 1. The highest BCUT2D eigenvalue weighted by Crippen LogP contribution is 2.33. The smallest absolute Gasteiger partial charge is 0.267 e. The van der Waals surface area contributed by atoms with Crippen LogP contribution in [0.1, 0.15) is 29.5 Å². The predicted octanol–water partition coefficient (Wildman–Crippen LogP) is 3.63. The Morgan fingerprint density at radius 3 is 2.71 bits per heavy atom. The maximum atomic E-state index is 13.3. The van der Waals surface area contributed by atoms with Gasteiger partial charge in [0.2, 0.25) is 0 Å². The van der Waals surface area contributed by atoms with E-state index in [9.17, 15) is 9.59 Å². The molecule has 0 atom stereocenters. The number of aliphatic hydroxyl groups is 1. The fourth-order valence-electron chi connectivity index (χ4n) is 3.77. The topological polar surface area (TPSA) is 86.9 Å². The molecule has 7 nitrogen and oxygen atoms in total. The number of aryl methyl sites for hydroxylation is 2. The van der Waals surface area contributed by atoms with Gasteiger partial charge in [-0.15, -0.1) is 0 Å². The zero-order valence-corrected chi connectivity index (χ0v) is 20.5. The summed E-state index contributed by atoms with van der Waals surface area (Å²) in [7, 11) is 0. The van der Waals surface area contributed by atoms with Crippen molar-refractivity contribution < 1.29 is 9.90 Å². The first-order valence-electron chi connectivity index (χ1n) is 11.2. The van der Waals surface area contributed by atoms with Crippen LogP contribution in [0.4, 0.5) is 5.82 Å². The van der Waals surface area contributed by atoms with Crippen molar-refractivity contribution in [1.29, 1.82) is 0 Å². The van der Waals surface area contributed by atoms with Gasteiger partial charge in [-0.05, 0) is 49.5 Å². The first kappa shape index (κ1) is 24.1. The number of pyridine rings is 1. The van der Waals surface area contributed by atoms with Crippen LogP contribution < -0.4 is 10.9 Å². The molecule has 2 aromatic heterocycles. The predicted molar refractivity (Wildman–Crippen MR) is 141 cm³/mol. The van der Waals surface area contributed by atoms with Crippen molar-refractivity contribution in [3.05, 3.63) is 80.6 Å². The number of fused-ring (bicyclic) bond motifs is 1. The lowest BCUT2D eigenvalue weighted by Crippen LogP contribution is -2.29. The van der Waals surface area contributed by atoms with Crippen LogP contribution in [0.2, 0.25) is 0 Å². The molecular weight excluding hydrogens is 468 g/mol. The molecule has 176 valence electrons. The number of anilines is 1. The van der Waals surface area contributed by atoms with Gasteiger partial charge in [-0.2, -0.15) is 0 Å². The van der Waals surface area contributed by atoms with Crippen LogP contribution in [0, 0.1) is 6.92 Å². The summed E-state index contributed by atoms with van der Waals surface area (Å²) in [5.41, 5.74) is 2.65. The number of carbonyl (C=O) groups excluding carboxylic acids is 1. The van der Waals surface area contributed by atoms with E-state index in [-0.39, 0.29) is 18.1 Å². The second kappa shape index (κ2) is 10.9. The third-order valence-electron chi connectivity index (χ3n) is 5.55. The van der Waals surface area contributed by atoms with Crippen LogP contribution >= 0.6 is 24.0 Å². The third-order valence-corrected chi connectivity index (χ3v) is 6.93. The summed E-state index contributed by atoms with van der Waals surface area (Å²) in [5, 5.41) is 12.3. The molecule has 34 heavy (non-hydrogen) atoms. The molecule has 3 heterocycles. The van der Waals surface area contributed by atoms with Gasteiger partial charge in [0.25, 0.3) is 11.5 Å². The van der Waals surface area contributed by atoms with E-state index >= 15 is 0 Å². The fraction of sp³-hybridized carbons (Fsp3) is 0.280. The van der Waals surface area contributed by atoms with E-state index in [0.717, 1.165) is 18.4 Å². The highest BCUT2D eigenvalue weighted by atomic mass is 32.2. The lowest BCUT2D eigenvalue weighted by Gasteiger charge is -2.14. The highest BCUT2D eigenvalue weighted by molar-refractivity contribution is 8.26. The number of rotatable bonds is 9. The normalized spacial score (nSPS) is 15.0. The molecule has 0 radical (unpaired) electrons. The number of aliphatic hydroxyl groups excluding tert-OH is 1. The SMILES string of the molecule is Cc1cccn2c(=O)c(C=C3SC(=S)N(CCCc4ccccc4)C3=O)c(NCCCO)nc12. The summed E-state index contributed by atoms with van der Waals surface area (Å²) in [6.07, 6.45) is 5.41. The molecule has 1 saturated heterocycles. The van der Waals surface area contributed by atoms with E-state index in [4.69, 9.17) is 17.3 Å². The quantitative estimate of drug-likeness (QED) is 0.267. The number of amides is 1. The number of thioether (sulfide) groups is 1. The summed E-state index contributed by atoms with van der Waals surface area (Å²) >= 11 is 6.67. The largest absolute Gasteiger partial charge is 0.396 e. The van der Waals surface area contributed by atoms with Crippen molar-refractivity contribution in [3.8, 4) is 0 Å². The van der Waals surface area contributed by atoms with Gasteiger partial charge in [-0.25, -0.2) is 4.98 Å². The molecule has 0 unspecified atom stereocenters. The molecule has 1 amide bonds. The maximum absolute atomic E-state index is 13.3. The molecule has 9 heteroatoms. The zero-order valence-electron chi connectivity index (χ0n) is 18.9. The fourth-order valence-corrected chi connectivity index (χ4v) is 5.06. The van der Waals surface area contributed by atoms with Crippen molar-refractivity contribution in [2.45, 2.75) is 26.2 Å². The molecular formula is C25H26N4O3S2. The monoisotopic (exact) mass is 494 g/mol. The van der Waals surface area contributed by atoms with E-state index in [1.165, 1.54) is 21.7 Å². The molecule has 3 aromatic rings. The number of nitrogens with zero attached hydrogens (tertiary/aromatic N) is 3. The van der Waals surface area contributed by atoms with Crippen LogP contribution in [0.25, 0.3) is 11.7 Å². The van der Waals surface area contributed by atoms with Gasteiger partial charge in [-0.1, -0.05) is 60.4 Å². The second-order valence-corrected chi connectivity index (χ2v) is 9.67. The molecule has 0 spiro atoms. The molecule has 0 aliphatic carbocycles. The standard InChI is InChI=1S/C25H26N4O3S2/c1-17-8-5-13-28-22(17)27-21(26-12-7-15-30)19(23(28)31)16-20-24(32)29(25(33)34-20)14-6-11-18-9-3-2-4-10-18/h2-5,8-10,13,16,26,30H,6-7,11-12,14-15H2,1H3. The van der Waals surface area contributed by atoms with Crippen LogP contribution in [0.5, 0.6) is 0 Å². The third kappa shape index (κ3) is 5.22. The number of benzene rings is 1. The van der Waals surface area contributed by atoms with Gasteiger partial charge in [0.15, 0.2) is 0 Å². The van der Waals surface area contributed by atoms with Gasteiger partial charge in [0.05, 0.1) is 10.5 Å². The Morgan fingerprint density at radius 1 is 1.15 bits per heavy atom. The van der Waals surface area contributed by atoms with Crippen LogP contribution in [-0.4, -0.2) is 49.3 Å². The minimum absolute atomic E-state index is 0.0234. The Labute approximate surface area is 207 Å². The van der Waals surface area contributed by atoms with Gasteiger partial charge in [0, 0.05) is 25.9 Å². The number of aromatic nitrogens is 2. The summed E-state index contributed by atoms with van der Waals surface area (Å²) < 4.78 is 1.97. The highest BCUT2D eigenvalue weighted by Gasteiger charge is 2.32. The maximum Gasteiger partial charge on any atom is 0.267 e. The van der Waals surface area contributed by atoms with E-state index in [2.05, 4.69) is 22.4 Å². The molecule has 2 N–H and O–H groups in total. The summed E-state index contributed by atoms with van der Waals surface area (Å²) in [4.78, 5) is 33.1. The summed E-state index contributed by atoms with van der Waals surface area (Å²) in [5.74, 6) is 0.195. The molecule has 4 rings (SSSR count). The van der Waals surface area contributed by atoms with Gasteiger partial charge < -0.3 is 10.4 Å². The molecule has 1 aliphatic heterocycles. The Morgan fingerprint density at radius 2 is 1.94 bits per heavy atom. The lowest BCUT2D eigenvalue weighted by molar-refractivity contribution is -0.122. The lowest BCUT2D eigenvalue weighted by atomic mass is 10.1. The first-order chi connectivity index (χ1) is 16.5. The number of carbonyl (C=O) groups is 1. The zero-order chi connectivity index (χ0) is 24.1. The second-order valence-electron chi connectivity index (χ2n) is 7.99. The van der Waals surface area contributed by atoms with E-state index in [1.807, 2.05) is 31.2 Å². The number of hydrogen-bond donors (Lipinski definition) is 2. The van der Waals surface area contributed by atoms with Gasteiger partial charge in [0.1, 0.15) is 15.8 Å². The van der Waals surface area contributed by atoms with E-state index < -0.39 is 0 Å². The van der Waals surface area contributed by atoms with Crippen molar-refractivity contribution >= 4 is 51.7 Å². The van der Waals surface area contributed by atoms with Crippen molar-refractivity contribution in [2.75, 3.05) is 25.0 Å². The molecule has 0 saturated carbocycles. The van der Waals surface area contributed by atoms with Crippen LogP contribution in [0.15, 0.2) is 58.4 Å². The molecule has 1 aromatic carbocycles. The Balaban J connectivity index is 1.61. The minimum Gasteiger partial charge on any atom is -0.396 e. The average molecular weight is 495 g/mol. The first-order valence-corrected chi connectivity index (χ1v) is 12.4. The van der Waals surface area contributed by atoms with E-state index in [0.29, 0.717) is 45.8 Å². The van der Waals surface area contributed by atoms with Crippen molar-refractivity contribution in [2.24, 2.45) is 0 Å². The summed E-state index contributed by atoms with van der Waals surface area (Å²) in [6.45, 7) is 2.88. The van der Waals surface area contributed by atoms with Gasteiger partial charge in [-0.3, -0.25) is 18.9 Å². The Kier molecular flexibility index (Phi) is 7.77. The van der Waals surface area contributed by atoms with Crippen molar-refractivity contribution in [1.82, 2.24) is 14.3 Å². The van der Waals surface area contributed by atoms with Gasteiger partial charge >= 0.3 is 0 Å². The van der Waals surface area contributed by atoms with Crippen LogP contribution in [-0.2, 0) is 11.2 Å². The Bertz CT molecular complexity index is 1300.